The molecule has 0 radical (unpaired) electrons. The Kier molecular flexibility index (Phi) is 3.62. The zero-order valence-electron chi connectivity index (χ0n) is 18.3. The van der Waals surface area contributed by atoms with Crippen molar-refractivity contribution in [2.45, 2.75) is 13.1 Å². The van der Waals surface area contributed by atoms with Crippen molar-refractivity contribution < 1.29 is 13.2 Å². The van der Waals surface area contributed by atoms with Gasteiger partial charge >= 0.3 is 6.18 Å². The largest absolute Gasteiger partial charge is 0.418 e. The molecule has 13 heteroatoms. The minimum atomic E-state index is -4.68. The number of hydrogen-bond donors (Lipinski definition) is 0. The van der Waals surface area contributed by atoms with Crippen LogP contribution in [0.3, 0.4) is 0 Å². The average molecular weight is 496 g/mol. The second kappa shape index (κ2) is 6.41. The van der Waals surface area contributed by atoms with Crippen molar-refractivity contribution in [1.29, 1.82) is 10.5 Å². The Labute approximate surface area is 200 Å². The molecule has 5 aromatic heterocycles. The van der Waals surface area contributed by atoms with Gasteiger partial charge in [0.05, 0.1) is 21.9 Å². The summed E-state index contributed by atoms with van der Waals surface area (Å²) in [5.74, 6) is 0. The van der Waals surface area contributed by atoms with Crippen molar-refractivity contribution in [3.8, 4) is 12.1 Å². The highest BCUT2D eigenvalue weighted by atomic mass is 19.4. The molecule has 0 saturated heterocycles. The number of fused-ring (bicyclic) bond motifs is 10. The van der Waals surface area contributed by atoms with E-state index in [9.17, 15) is 33.3 Å². The molecule has 0 atom stereocenters. The van der Waals surface area contributed by atoms with Crippen LogP contribution in [0.15, 0.2) is 33.9 Å². The van der Waals surface area contributed by atoms with Crippen LogP contribution in [0.25, 0.3) is 55.2 Å². The van der Waals surface area contributed by atoms with E-state index in [1.807, 2.05) is 0 Å². The van der Waals surface area contributed by atoms with Gasteiger partial charge in [-0.05, 0) is 36.8 Å². The standard InChI is InChI=1S/C24H7F3N8O2/c1-8-2-13(24(25,26)27)17-16(3-8)34-19(32-17)9-4-12-10(5-11(9)22(34)36)20-33-18-21(35(20)23(12)37)31-15(7-29)14(6-28)30-18/h2-5H,1H3. The van der Waals surface area contributed by atoms with E-state index in [2.05, 4.69) is 19.9 Å². The van der Waals surface area contributed by atoms with Crippen LogP contribution in [0, 0.1) is 29.6 Å². The zero-order chi connectivity index (χ0) is 26.0. The topological polar surface area (TPSA) is 142 Å². The van der Waals surface area contributed by atoms with Crippen molar-refractivity contribution in [2.75, 3.05) is 0 Å². The fourth-order valence-electron chi connectivity index (χ4n) is 4.91. The molecular weight excluding hydrogens is 489 g/mol. The highest BCUT2D eigenvalue weighted by Crippen LogP contribution is 2.37. The van der Waals surface area contributed by atoms with Gasteiger partial charge in [0.1, 0.15) is 23.3 Å². The Morgan fingerprint density at radius 2 is 1.35 bits per heavy atom. The SMILES string of the molecule is Cc1cc(C(F)(F)F)c2nc3c4cc5c(=O)n6c7nc(C#N)c(C#N)nc7nc6c5cc4c(=O)n3c2c1. The fraction of sp³-hybridized carbons (Fsp3) is 0.0833. The van der Waals surface area contributed by atoms with E-state index >= 15 is 0 Å². The van der Waals surface area contributed by atoms with Crippen molar-refractivity contribution >= 4 is 55.2 Å². The molecule has 0 fully saturated rings. The third-order valence-electron chi connectivity index (χ3n) is 6.42. The van der Waals surface area contributed by atoms with Crippen molar-refractivity contribution in [1.82, 2.24) is 28.7 Å². The maximum atomic E-state index is 13.7. The van der Waals surface area contributed by atoms with Gasteiger partial charge in [-0.3, -0.25) is 14.0 Å². The first-order valence-electron chi connectivity index (χ1n) is 10.6. The van der Waals surface area contributed by atoms with Crippen molar-refractivity contribution in [3.63, 3.8) is 0 Å². The van der Waals surface area contributed by atoms with E-state index in [4.69, 9.17) is 0 Å². The van der Waals surface area contributed by atoms with E-state index in [0.717, 1.165) is 14.9 Å². The normalized spacial score (nSPS) is 12.5. The molecular formula is C24H7F3N8O2. The smallest absolute Gasteiger partial charge is 0.268 e. The van der Waals surface area contributed by atoms with Crippen LogP contribution < -0.4 is 11.1 Å². The summed E-state index contributed by atoms with van der Waals surface area (Å²) in [6.45, 7) is 1.50. The molecule has 7 rings (SSSR count). The van der Waals surface area contributed by atoms with Crippen LogP contribution in [0.2, 0.25) is 0 Å². The number of benzene rings is 2. The molecule has 0 unspecified atom stereocenters. The lowest BCUT2D eigenvalue weighted by Gasteiger charge is -2.08. The van der Waals surface area contributed by atoms with E-state index < -0.39 is 22.9 Å². The summed E-state index contributed by atoms with van der Waals surface area (Å²) in [6, 6.07) is 8.78. The van der Waals surface area contributed by atoms with Crippen LogP contribution >= 0.6 is 0 Å². The number of imidazole rings is 2. The summed E-state index contributed by atoms with van der Waals surface area (Å²) < 4.78 is 43.3. The van der Waals surface area contributed by atoms with Gasteiger partial charge in [-0.2, -0.15) is 23.7 Å². The molecule has 0 saturated carbocycles. The maximum Gasteiger partial charge on any atom is 0.418 e. The molecule has 10 nitrogen and oxygen atoms in total. The summed E-state index contributed by atoms with van der Waals surface area (Å²) in [4.78, 5) is 43.3. The molecule has 5 heterocycles. The van der Waals surface area contributed by atoms with Gasteiger partial charge < -0.3 is 0 Å². The molecule has 0 N–H and O–H groups in total. The number of nitriles is 2. The fourth-order valence-corrected chi connectivity index (χ4v) is 4.91. The molecule has 7 aromatic rings. The molecule has 0 bridgehead atoms. The number of hydrogen-bond acceptors (Lipinski definition) is 8. The highest BCUT2D eigenvalue weighted by molar-refractivity contribution is 6.11. The predicted molar refractivity (Wildman–Crippen MR) is 124 cm³/mol. The lowest BCUT2D eigenvalue weighted by atomic mass is 10.1. The quantitative estimate of drug-likeness (QED) is 0.312. The minimum Gasteiger partial charge on any atom is -0.268 e. The number of nitrogens with zero attached hydrogens (tertiary/aromatic N) is 8. The molecule has 0 aliphatic carbocycles. The van der Waals surface area contributed by atoms with Crippen LogP contribution in [0.4, 0.5) is 13.2 Å². The third kappa shape index (κ3) is 2.47. The number of aromatic nitrogens is 6. The third-order valence-corrected chi connectivity index (χ3v) is 6.42. The van der Waals surface area contributed by atoms with Crippen LogP contribution in [-0.2, 0) is 6.18 Å². The summed E-state index contributed by atoms with van der Waals surface area (Å²) in [5.41, 5.74) is -2.60. The molecule has 37 heavy (non-hydrogen) atoms. The molecule has 0 spiro atoms. The second-order valence-corrected chi connectivity index (χ2v) is 8.56. The van der Waals surface area contributed by atoms with Crippen LogP contribution in [0.1, 0.15) is 22.5 Å². The average Bonchev–Trinajstić information content (AvgIpc) is 3.56. The Morgan fingerprint density at radius 1 is 0.757 bits per heavy atom. The molecule has 0 aliphatic rings. The van der Waals surface area contributed by atoms with E-state index in [0.29, 0.717) is 5.56 Å². The Hall–Kier alpha value is -5.43. The van der Waals surface area contributed by atoms with Gasteiger partial charge in [0, 0.05) is 10.8 Å². The zero-order valence-corrected chi connectivity index (χ0v) is 18.3. The first kappa shape index (κ1) is 20.9. The van der Waals surface area contributed by atoms with Gasteiger partial charge in [0.15, 0.2) is 28.3 Å². The summed E-state index contributed by atoms with van der Waals surface area (Å²) in [6.07, 6.45) is -4.68. The Bertz CT molecular complexity index is 2380. The van der Waals surface area contributed by atoms with Crippen LogP contribution in [-0.4, -0.2) is 28.7 Å². The van der Waals surface area contributed by atoms with Gasteiger partial charge in [0.2, 0.25) is 0 Å². The maximum absolute atomic E-state index is 13.7. The monoisotopic (exact) mass is 496 g/mol. The van der Waals surface area contributed by atoms with Gasteiger partial charge in [-0.1, -0.05) is 0 Å². The Morgan fingerprint density at radius 3 is 1.97 bits per heavy atom. The van der Waals surface area contributed by atoms with Crippen molar-refractivity contribution in [2.24, 2.45) is 0 Å². The summed E-state index contributed by atoms with van der Waals surface area (Å²) in [7, 11) is 0. The Balaban J connectivity index is 1.64. The molecule has 176 valence electrons. The van der Waals surface area contributed by atoms with Gasteiger partial charge in [0.25, 0.3) is 11.1 Å². The number of rotatable bonds is 0. The van der Waals surface area contributed by atoms with Crippen LogP contribution in [0.5, 0.6) is 0 Å². The molecule has 0 amide bonds. The lowest BCUT2D eigenvalue weighted by molar-refractivity contribution is -0.136. The number of halogens is 3. The number of aryl methyl sites for hydroxylation is 1. The van der Waals surface area contributed by atoms with E-state index in [1.54, 1.807) is 12.1 Å². The minimum absolute atomic E-state index is 0.00122. The lowest BCUT2D eigenvalue weighted by Crippen LogP contribution is -2.09. The molecule has 2 aromatic carbocycles. The highest BCUT2D eigenvalue weighted by Gasteiger charge is 2.35. The first-order valence-corrected chi connectivity index (χ1v) is 10.6. The predicted octanol–water partition coefficient (Wildman–Crippen LogP) is 3.05. The first-order chi connectivity index (χ1) is 17.6. The second-order valence-electron chi connectivity index (χ2n) is 8.56. The van der Waals surface area contributed by atoms with E-state index in [1.165, 1.54) is 25.1 Å². The van der Waals surface area contributed by atoms with Gasteiger partial charge in [-0.15, -0.1) is 0 Å². The number of alkyl halides is 3. The summed E-state index contributed by atoms with van der Waals surface area (Å²) in [5, 5.41) is 19.3. The van der Waals surface area contributed by atoms with E-state index in [-0.39, 0.29) is 66.6 Å². The van der Waals surface area contributed by atoms with Crippen molar-refractivity contribution in [3.05, 3.63) is 67.5 Å². The summed E-state index contributed by atoms with van der Waals surface area (Å²) >= 11 is 0. The molecule has 0 aliphatic heterocycles. The van der Waals surface area contributed by atoms with Gasteiger partial charge in [-0.25, -0.2) is 24.3 Å².